The van der Waals surface area contributed by atoms with Gasteiger partial charge in [-0.1, -0.05) is 66.7 Å². The number of methoxy groups -OCH3 is 1. The standard InChI is InChI=1S/C31H32N2O3/c1-3-20-32-22-27(25-18-19-28(35-2)29(21-25)36-26-16-10-11-17-26)33(31(32)34)30(23-12-6-4-7-13-23)24-14-8-5-9-15-24/h3-9,12-15,18-22,26,30H,10-11,16-17H2,1-2H3. The number of aromatic nitrogens is 2. The van der Waals surface area contributed by atoms with Gasteiger partial charge in [-0.05, 0) is 61.9 Å². The lowest BCUT2D eigenvalue weighted by molar-refractivity contribution is 0.201. The minimum atomic E-state index is -0.289. The van der Waals surface area contributed by atoms with Crippen molar-refractivity contribution in [2.45, 2.75) is 44.8 Å². The molecule has 1 saturated carbocycles. The van der Waals surface area contributed by atoms with Gasteiger partial charge in [0.2, 0.25) is 0 Å². The van der Waals surface area contributed by atoms with Gasteiger partial charge in [0.25, 0.3) is 0 Å². The Hall–Kier alpha value is -3.99. The molecule has 0 bridgehead atoms. The summed E-state index contributed by atoms with van der Waals surface area (Å²) in [5.74, 6) is 1.42. The van der Waals surface area contributed by atoms with Crippen LogP contribution >= 0.6 is 0 Å². The average molecular weight is 481 g/mol. The molecule has 1 aliphatic rings. The van der Waals surface area contributed by atoms with E-state index in [2.05, 4.69) is 24.3 Å². The van der Waals surface area contributed by atoms with Crippen molar-refractivity contribution in [2.24, 2.45) is 0 Å². The highest BCUT2D eigenvalue weighted by atomic mass is 16.5. The van der Waals surface area contributed by atoms with Gasteiger partial charge in [-0.2, -0.15) is 0 Å². The Morgan fingerprint density at radius 1 is 0.889 bits per heavy atom. The maximum atomic E-state index is 13.8. The number of imidazole rings is 1. The molecule has 1 heterocycles. The van der Waals surface area contributed by atoms with Crippen molar-refractivity contribution in [3.05, 3.63) is 113 Å². The first kappa shape index (κ1) is 23.7. The van der Waals surface area contributed by atoms with Crippen LogP contribution in [0, 0.1) is 0 Å². The fourth-order valence-electron chi connectivity index (χ4n) is 5.08. The van der Waals surface area contributed by atoms with Crippen LogP contribution in [0.25, 0.3) is 17.5 Å². The van der Waals surface area contributed by atoms with Crippen molar-refractivity contribution >= 4 is 6.20 Å². The van der Waals surface area contributed by atoms with Gasteiger partial charge < -0.3 is 9.47 Å². The number of allylic oxidation sites excluding steroid dienone is 1. The second-order valence-corrected chi connectivity index (χ2v) is 9.17. The van der Waals surface area contributed by atoms with Crippen LogP contribution in [-0.2, 0) is 0 Å². The molecule has 5 rings (SSSR count). The van der Waals surface area contributed by atoms with E-state index in [0.29, 0.717) is 5.75 Å². The summed E-state index contributed by atoms with van der Waals surface area (Å²) in [4.78, 5) is 13.8. The van der Waals surface area contributed by atoms with Crippen LogP contribution in [-0.4, -0.2) is 22.3 Å². The largest absolute Gasteiger partial charge is 0.493 e. The summed E-state index contributed by atoms with van der Waals surface area (Å²) in [5, 5.41) is 0. The van der Waals surface area contributed by atoms with Crippen molar-refractivity contribution in [1.29, 1.82) is 0 Å². The monoisotopic (exact) mass is 480 g/mol. The molecular weight excluding hydrogens is 448 g/mol. The second kappa shape index (κ2) is 10.7. The summed E-state index contributed by atoms with van der Waals surface area (Å²) >= 11 is 0. The number of rotatable bonds is 8. The van der Waals surface area contributed by atoms with Gasteiger partial charge in [-0.3, -0.25) is 9.13 Å². The Kier molecular flexibility index (Phi) is 7.08. The average Bonchev–Trinajstić information content (AvgIpc) is 3.54. The number of hydrogen-bond donors (Lipinski definition) is 0. The third-order valence-electron chi connectivity index (χ3n) is 6.80. The Morgan fingerprint density at radius 2 is 1.53 bits per heavy atom. The summed E-state index contributed by atoms with van der Waals surface area (Å²) in [6, 6.07) is 26.0. The van der Waals surface area contributed by atoms with Gasteiger partial charge in [0.05, 0.1) is 24.9 Å². The van der Waals surface area contributed by atoms with Crippen LogP contribution in [0.1, 0.15) is 49.8 Å². The molecule has 1 aliphatic carbocycles. The Morgan fingerprint density at radius 3 is 2.11 bits per heavy atom. The van der Waals surface area contributed by atoms with E-state index in [4.69, 9.17) is 9.47 Å². The second-order valence-electron chi connectivity index (χ2n) is 9.17. The Balaban J connectivity index is 1.70. The third kappa shape index (κ3) is 4.74. The number of hydrogen-bond acceptors (Lipinski definition) is 3. The third-order valence-corrected chi connectivity index (χ3v) is 6.80. The minimum Gasteiger partial charge on any atom is -0.493 e. The van der Waals surface area contributed by atoms with Gasteiger partial charge in [-0.15, -0.1) is 0 Å². The van der Waals surface area contributed by atoms with Crippen LogP contribution in [0.15, 0.2) is 95.9 Å². The van der Waals surface area contributed by atoms with E-state index in [1.54, 1.807) is 17.9 Å². The molecule has 1 fully saturated rings. The number of ether oxygens (including phenoxy) is 2. The van der Waals surface area contributed by atoms with Crippen LogP contribution in [0.4, 0.5) is 0 Å². The maximum Gasteiger partial charge on any atom is 0.333 e. The molecule has 3 aromatic carbocycles. The van der Waals surface area contributed by atoms with E-state index in [0.717, 1.165) is 41.0 Å². The van der Waals surface area contributed by atoms with Crippen molar-refractivity contribution in [2.75, 3.05) is 7.11 Å². The molecule has 0 radical (unpaired) electrons. The van der Waals surface area contributed by atoms with E-state index >= 15 is 0 Å². The minimum absolute atomic E-state index is 0.102. The summed E-state index contributed by atoms with van der Waals surface area (Å²) in [6.45, 7) is 1.91. The zero-order valence-electron chi connectivity index (χ0n) is 20.8. The van der Waals surface area contributed by atoms with Gasteiger partial charge in [-0.25, -0.2) is 4.79 Å². The van der Waals surface area contributed by atoms with Crippen LogP contribution < -0.4 is 15.2 Å². The molecule has 184 valence electrons. The molecule has 0 N–H and O–H groups in total. The van der Waals surface area contributed by atoms with E-state index in [1.165, 1.54) is 12.8 Å². The molecule has 4 aromatic rings. The molecule has 1 aromatic heterocycles. The molecule has 0 saturated heterocycles. The summed E-state index contributed by atoms with van der Waals surface area (Å²) in [5.41, 5.74) is 3.70. The molecule has 0 spiro atoms. The maximum absolute atomic E-state index is 13.8. The normalized spacial score (nSPS) is 14.1. The van der Waals surface area contributed by atoms with Gasteiger partial charge in [0, 0.05) is 18.0 Å². The fraction of sp³-hybridized carbons (Fsp3) is 0.258. The van der Waals surface area contributed by atoms with Gasteiger partial charge in [0.15, 0.2) is 11.5 Å². The molecule has 5 heteroatoms. The predicted octanol–water partition coefficient (Wildman–Crippen LogP) is 6.78. The first-order valence-corrected chi connectivity index (χ1v) is 12.6. The van der Waals surface area contributed by atoms with E-state index in [-0.39, 0.29) is 17.8 Å². The molecule has 0 aliphatic heterocycles. The molecule has 0 amide bonds. The highest BCUT2D eigenvalue weighted by molar-refractivity contribution is 5.65. The van der Waals surface area contributed by atoms with Crippen molar-refractivity contribution in [3.8, 4) is 22.8 Å². The van der Waals surface area contributed by atoms with Crippen molar-refractivity contribution in [1.82, 2.24) is 9.13 Å². The van der Waals surface area contributed by atoms with Crippen LogP contribution in [0.2, 0.25) is 0 Å². The van der Waals surface area contributed by atoms with Crippen LogP contribution in [0.3, 0.4) is 0 Å². The molecular formula is C31H32N2O3. The van der Waals surface area contributed by atoms with Crippen molar-refractivity contribution in [3.63, 3.8) is 0 Å². The molecule has 5 nitrogen and oxygen atoms in total. The summed E-state index contributed by atoms with van der Waals surface area (Å²) in [6.07, 6.45) is 10.3. The van der Waals surface area contributed by atoms with Gasteiger partial charge >= 0.3 is 5.69 Å². The number of benzene rings is 3. The zero-order valence-corrected chi connectivity index (χ0v) is 20.8. The highest BCUT2D eigenvalue weighted by Gasteiger charge is 2.25. The molecule has 0 unspecified atom stereocenters. The number of nitrogens with zero attached hydrogens (tertiary/aromatic N) is 2. The molecule has 36 heavy (non-hydrogen) atoms. The zero-order chi connectivity index (χ0) is 24.9. The molecule has 0 atom stereocenters. The van der Waals surface area contributed by atoms with E-state index < -0.39 is 0 Å². The Bertz CT molecular complexity index is 1340. The first-order valence-electron chi connectivity index (χ1n) is 12.6. The lowest BCUT2D eigenvalue weighted by atomic mass is 9.97. The first-order chi connectivity index (χ1) is 17.7. The smallest absolute Gasteiger partial charge is 0.333 e. The van der Waals surface area contributed by atoms with E-state index in [9.17, 15) is 4.79 Å². The van der Waals surface area contributed by atoms with Crippen LogP contribution in [0.5, 0.6) is 11.5 Å². The Labute approximate surface area is 212 Å². The topological polar surface area (TPSA) is 45.4 Å². The lowest BCUT2D eigenvalue weighted by Gasteiger charge is -2.22. The van der Waals surface area contributed by atoms with E-state index in [1.807, 2.05) is 78.4 Å². The SMILES string of the molecule is CC=Cn1cc(-c2ccc(OC)c(OC3CCCC3)c2)n(C(c2ccccc2)c2ccccc2)c1=O. The highest BCUT2D eigenvalue weighted by Crippen LogP contribution is 2.37. The van der Waals surface area contributed by atoms with Gasteiger partial charge in [0.1, 0.15) is 0 Å². The summed E-state index contributed by atoms with van der Waals surface area (Å²) < 4.78 is 15.5. The predicted molar refractivity (Wildman–Crippen MR) is 145 cm³/mol. The quantitative estimate of drug-likeness (QED) is 0.279. The lowest BCUT2D eigenvalue weighted by Crippen LogP contribution is -2.27. The summed E-state index contributed by atoms with van der Waals surface area (Å²) in [7, 11) is 1.66. The van der Waals surface area contributed by atoms with Crippen molar-refractivity contribution < 1.29 is 9.47 Å². The fourth-order valence-corrected chi connectivity index (χ4v) is 5.08.